The van der Waals surface area contributed by atoms with Gasteiger partial charge in [0.2, 0.25) is 11.9 Å². The predicted octanol–water partition coefficient (Wildman–Crippen LogP) is 0.823. The van der Waals surface area contributed by atoms with Gasteiger partial charge in [-0.15, -0.1) is 10.2 Å². The third-order valence-corrected chi connectivity index (χ3v) is 5.07. The Morgan fingerprint density at radius 3 is 2.03 bits per heavy atom. The van der Waals surface area contributed by atoms with Crippen molar-refractivity contribution in [3.8, 4) is 0 Å². The number of likely N-dealkylation sites (tertiary alicyclic amines) is 2. The van der Waals surface area contributed by atoms with E-state index in [1.807, 2.05) is 38.7 Å². The van der Waals surface area contributed by atoms with Crippen molar-refractivity contribution in [1.29, 1.82) is 0 Å². The lowest BCUT2D eigenvalue weighted by Crippen LogP contribution is -2.34. The maximum absolute atomic E-state index is 5.95. The average Bonchev–Trinajstić information content (AvgIpc) is 3.48. The highest BCUT2D eigenvalue weighted by Gasteiger charge is 2.13. The molecule has 2 aliphatic heterocycles. The molecule has 2 saturated heterocycles. The van der Waals surface area contributed by atoms with Gasteiger partial charge in [-0.1, -0.05) is 0 Å². The third-order valence-electron chi connectivity index (χ3n) is 5.07. The fraction of sp³-hybridized carbons (Fsp3) is 0.421. The number of nitrogens with zero attached hydrogens (tertiary/aromatic N) is 8. The van der Waals surface area contributed by atoms with Crippen molar-refractivity contribution in [3.05, 3.63) is 35.8 Å². The summed E-state index contributed by atoms with van der Waals surface area (Å²) in [5, 5.41) is 16.3. The smallest absolute Gasteiger partial charge is 0.216 e. The number of aromatic nitrogens is 2. The Morgan fingerprint density at radius 1 is 0.828 bits per heavy atom. The van der Waals surface area contributed by atoms with E-state index in [9.17, 15) is 0 Å². The first-order valence-electron chi connectivity index (χ1n) is 9.91. The molecule has 0 spiro atoms. The topological polar surface area (TPSA) is 125 Å². The molecule has 0 aliphatic carbocycles. The zero-order valence-electron chi connectivity index (χ0n) is 16.4. The van der Waals surface area contributed by atoms with E-state index >= 15 is 0 Å². The molecule has 2 fully saturated rings. The summed E-state index contributed by atoms with van der Waals surface area (Å²) in [6.07, 6.45) is 11.7. The van der Waals surface area contributed by atoms with Gasteiger partial charge >= 0.3 is 0 Å². The van der Waals surface area contributed by atoms with Crippen LogP contribution in [0.25, 0.3) is 5.65 Å². The number of nitrogens with two attached hydrogens (primary N) is 2. The zero-order valence-corrected chi connectivity index (χ0v) is 16.4. The minimum Gasteiger partial charge on any atom is -0.368 e. The molecule has 2 aromatic heterocycles. The number of hydrogen-bond acceptors (Lipinski definition) is 5. The van der Waals surface area contributed by atoms with E-state index in [1.165, 1.54) is 0 Å². The zero-order chi connectivity index (χ0) is 20.1. The van der Waals surface area contributed by atoms with Crippen molar-refractivity contribution in [2.45, 2.75) is 25.7 Å². The van der Waals surface area contributed by atoms with Crippen molar-refractivity contribution >= 4 is 30.0 Å². The number of imidazole rings is 1. The Balaban J connectivity index is 1.42. The van der Waals surface area contributed by atoms with Crippen molar-refractivity contribution < 1.29 is 0 Å². The van der Waals surface area contributed by atoms with E-state index in [2.05, 4.69) is 25.4 Å². The van der Waals surface area contributed by atoms with E-state index in [0.29, 0.717) is 17.6 Å². The Labute approximate surface area is 169 Å². The van der Waals surface area contributed by atoms with Gasteiger partial charge in [0.1, 0.15) is 11.3 Å². The van der Waals surface area contributed by atoms with Gasteiger partial charge in [-0.3, -0.25) is 0 Å². The van der Waals surface area contributed by atoms with Gasteiger partial charge in [-0.25, -0.2) is 4.98 Å². The first kappa shape index (κ1) is 18.9. The van der Waals surface area contributed by atoms with Crippen molar-refractivity contribution in [2.75, 3.05) is 26.2 Å². The van der Waals surface area contributed by atoms with Gasteiger partial charge in [0, 0.05) is 44.1 Å². The summed E-state index contributed by atoms with van der Waals surface area (Å²) in [6, 6.07) is 3.84. The Hall–Kier alpha value is -3.43. The molecule has 152 valence electrons. The molecule has 10 nitrogen and oxygen atoms in total. The van der Waals surface area contributed by atoms with E-state index in [4.69, 9.17) is 11.5 Å². The van der Waals surface area contributed by atoms with Crippen LogP contribution >= 0.6 is 0 Å². The van der Waals surface area contributed by atoms with Gasteiger partial charge in [0.25, 0.3) is 0 Å². The van der Waals surface area contributed by atoms with Gasteiger partial charge in [0.05, 0.1) is 12.4 Å². The molecule has 0 saturated carbocycles. The van der Waals surface area contributed by atoms with Crippen LogP contribution in [0.1, 0.15) is 36.9 Å². The molecule has 0 unspecified atom stereocenters. The molecule has 4 heterocycles. The lowest BCUT2D eigenvalue weighted by atomic mass is 10.3. The van der Waals surface area contributed by atoms with Gasteiger partial charge in [-0.05, 0) is 37.8 Å². The molecule has 29 heavy (non-hydrogen) atoms. The predicted molar refractivity (Wildman–Crippen MR) is 115 cm³/mol. The average molecular weight is 394 g/mol. The highest BCUT2D eigenvalue weighted by Crippen LogP contribution is 2.08. The van der Waals surface area contributed by atoms with Crippen molar-refractivity contribution in [1.82, 2.24) is 19.2 Å². The van der Waals surface area contributed by atoms with Crippen LogP contribution < -0.4 is 11.5 Å². The second-order valence-electron chi connectivity index (χ2n) is 7.19. The van der Waals surface area contributed by atoms with Crippen LogP contribution in [0.4, 0.5) is 0 Å². The van der Waals surface area contributed by atoms with Crippen molar-refractivity contribution in [2.24, 2.45) is 31.9 Å². The van der Waals surface area contributed by atoms with Crippen LogP contribution in [0.5, 0.6) is 0 Å². The second-order valence-corrected chi connectivity index (χ2v) is 7.19. The SMILES string of the molecule is N/C(=N/N=C/c1ccc2nc(/C=N/N=C(/N)N3CCCC3)cn2c1)N1CCCC1. The molecule has 0 aromatic carbocycles. The fourth-order valence-corrected chi connectivity index (χ4v) is 3.49. The maximum atomic E-state index is 5.95. The largest absolute Gasteiger partial charge is 0.368 e. The standard InChI is InChI=1S/C19H26N10/c20-18(27-7-1-2-8-27)25-22-11-15-5-6-17-24-16(14-29(17)13-15)12-23-26-19(21)28-9-3-4-10-28/h5-6,11-14H,1-4,7-10H2,(H2,20,25)(H2,21,26)/b22-11+,23-12+. The van der Waals surface area contributed by atoms with Crippen LogP contribution in [0.3, 0.4) is 0 Å². The molecular formula is C19H26N10. The van der Waals surface area contributed by atoms with Crippen LogP contribution in [0.15, 0.2) is 44.9 Å². The molecule has 0 amide bonds. The molecule has 4 rings (SSSR count). The second kappa shape index (κ2) is 8.72. The Bertz CT molecular complexity index is 919. The monoisotopic (exact) mass is 394 g/mol. The summed E-state index contributed by atoms with van der Waals surface area (Å²) in [5.74, 6) is 0.921. The molecule has 0 atom stereocenters. The molecular weight excluding hydrogens is 368 g/mol. The minimum atomic E-state index is 0.453. The summed E-state index contributed by atoms with van der Waals surface area (Å²) in [6.45, 7) is 3.78. The van der Waals surface area contributed by atoms with E-state index in [0.717, 1.165) is 63.1 Å². The molecule has 2 aliphatic rings. The Morgan fingerprint density at radius 2 is 1.41 bits per heavy atom. The fourth-order valence-electron chi connectivity index (χ4n) is 3.49. The highest BCUT2D eigenvalue weighted by molar-refractivity contribution is 5.83. The Kier molecular flexibility index (Phi) is 5.68. The number of rotatable bonds is 4. The highest BCUT2D eigenvalue weighted by atomic mass is 15.4. The summed E-state index contributed by atoms with van der Waals surface area (Å²) in [4.78, 5) is 8.58. The summed E-state index contributed by atoms with van der Waals surface area (Å²) < 4.78 is 1.91. The quantitative estimate of drug-likeness (QED) is 0.451. The number of guanidine groups is 2. The van der Waals surface area contributed by atoms with E-state index in [1.54, 1.807) is 12.4 Å². The molecule has 0 radical (unpaired) electrons. The van der Waals surface area contributed by atoms with Crippen LogP contribution in [0.2, 0.25) is 0 Å². The first-order valence-corrected chi connectivity index (χ1v) is 9.91. The van der Waals surface area contributed by atoms with Crippen molar-refractivity contribution in [3.63, 3.8) is 0 Å². The summed E-state index contributed by atoms with van der Waals surface area (Å²) in [7, 11) is 0. The minimum absolute atomic E-state index is 0.453. The summed E-state index contributed by atoms with van der Waals surface area (Å²) in [5.41, 5.74) is 14.3. The van der Waals surface area contributed by atoms with Crippen LogP contribution in [-0.2, 0) is 0 Å². The van der Waals surface area contributed by atoms with E-state index < -0.39 is 0 Å². The first-order chi connectivity index (χ1) is 14.2. The lowest BCUT2D eigenvalue weighted by molar-refractivity contribution is 0.511. The summed E-state index contributed by atoms with van der Waals surface area (Å²) >= 11 is 0. The number of pyridine rings is 1. The van der Waals surface area contributed by atoms with Gasteiger partial charge < -0.3 is 25.7 Å². The number of hydrogen-bond donors (Lipinski definition) is 2. The molecule has 0 bridgehead atoms. The number of fused-ring (bicyclic) bond motifs is 1. The molecule has 10 heteroatoms. The van der Waals surface area contributed by atoms with E-state index in [-0.39, 0.29) is 0 Å². The van der Waals surface area contributed by atoms with Crippen LogP contribution in [-0.4, -0.2) is 69.7 Å². The third kappa shape index (κ3) is 4.71. The van der Waals surface area contributed by atoms with Gasteiger partial charge in [0.15, 0.2) is 0 Å². The lowest BCUT2D eigenvalue weighted by Gasteiger charge is -2.13. The van der Waals surface area contributed by atoms with Crippen LogP contribution in [0, 0.1) is 0 Å². The maximum Gasteiger partial charge on any atom is 0.216 e. The molecule has 4 N–H and O–H groups in total. The van der Waals surface area contributed by atoms with Gasteiger partial charge in [-0.2, -0.15) is 10.2 Å². The normalized spacial score (nSPS) is 18.9. The molecule has 2 aromatic rings.